The van der Waals surface area contributed by atoms with E-state index in [2.05, 4.69) is 14.7 Å². The quantitative estimate of drug-likeness (QED) is 0.325. The van der Waals surface area contributed by atoms with Crippen LogP contribution in [0.25, 0.3) is 0 Å². The molecule has 0 N–H and O–H groups in total. The Morgan fingerprint density at radius 3 is 0.769 bits per heavy atom. The third-order valence-electron chi connectivity index (χ3n) is 6.83. The van der Waals surface area contributed by atoms with Gasteiger partial charge in [0.2, 0.25) is 0 Å². The van der Waals surface area contributed by atoms with Crippen molar-refractivity contribution in [2.75, 3.05) is 39.3 Å². The van der Waals surface area contributed by atoms with Crippen molar-refractivity contribution in [2.24, 2.45) is 0 Å². The molecular formula is C30H33F6N3. The molecule has 3 aromatic carbocycles. The monoisotopic (exact) mass is 549 g/mol. The topological polar surface area (TPSA) is 9.72 Å². The minimum Gasteiger partial charge on any atom is -0.299 e. The normalized spacial score (nSPS) is 17.1. The highest BCUT2D eigenvalue weighted by Crippen LogP contribution is 2.16. The second-order valence-corrected chi connectivity index (χ2v) is 10.2. The Morgan fingerprint density at radius 2 is 0.564 bits per heavy atom. The molecule has 0 atom stereocenters. The lowest BCUT2D eigenvalue weighted by Gasteiger charge is -2.30. The van der Waals surface area contributed by atoms with Gasteiger partial charge >= 0.3 is 0 Å². The minimum absolute atomic E-state index is 0.374. The van der Waals surface area contributed by atoms with Crippen LogP contribution in [-0.2, 0) is 19.6 Å². The van der Waals surface area contributed by atoms with Gasteiger partial charge in [-0.1, -0.05) is 0 Å². The molecule has 0 radical (unpaired) electrons. The van der Waals surface area contributed by atoms with Crippen molar-refractivity contribution < 1.29 is 26.3 Å². The Morgan fingerprint density at radius 1 is 0.359 bits per heavy atom. The summed E-state index contributed by atoms with van der Waals surface area (Å²) < 4.78 is 82.8. The molecular weight excluding hydrogens is 516 g/mol. The highest BCUT2D eigenvalue weighted by molar-refractivity contribution is 5.19. The number of benzene rings is 3. The predicted molar refractivity (Wildman–Crippen MR) is 139 cm³/mol. The van der Waals surface area contributed by atoms with Gasteiger partial charge in [-0.05, 0) is 112 Å². The van der Waals surface area contributed by atoms with Crippen LogP contribution >= 0.6 is 0 Å². The largest absolute Gasteiger partial charge is 0.299 e. The van der Waals surface area contributed by atoms with Crippen molar-refractivity contribution in [2.45, 2.75) is 38.9 Å². The highest BCUT2D eigenvalue weighted by Gasteiger charge is 2.16. The van der Waals surface area contributed by atoms with E-state index in [0.717, 1.165) is 37.5 Å². The fourth-order valence-electron chi connectivity index (χ4n) is 5.24. The summed E-state index contributed by atoms with van der Waals surface area (Å²) in [6.07, 6.45) is 2.30. The van der Waals surface area contributed by atoms with Crippen LogP contribution in [0.1, 0.15) is 36.0 Å². The standard InChI is InChI=1S/C30H33F6N3/c31-25-10-22(11-26(32)16-25)19-37-4-1-5-38(20-23-12-27(33)17-28(34)13-23)7-3-9-39(8-2-6-37)21-24-14-29(35)18-30(36)15-24/h10-18H,1-9,19-21H2. The molecule has 39 heavy (non-hydrogen) atoms. The third-order valence-corrected chi connectivity index (χ3v) is 6.83. The molecule has 210 valence electrons. The number of hydrogen-bond acceptors (Lipinski definition) is 3. The summed E-state index contributed by atoms with van der Waals surface area (Å²) in [5, 5.41) is 0. The lowest BCUT2D eigenvalue weighted by molar-refractivity contribution is 0.172. The predicted octanol–water partition coefficient (Wildman–Crippen LogP) is 6.51. The smallest absolute Gasteiger partial charge is 0.126 e. The summed E-state index contributed by atoms with van der Waals surface area (Å²) in [7, 11) is 0. The molecule has 1 heterocycles. The van der Waals surface area contributed by atoms with Gasteiger partial charge in [0.1, 0.15) is 34.9 Å². The van der Waals surface area contributed by atoms with Gasteiger partial charge in [0.15, 0.2) is 0 Å². The Labute approximate surface area is 225 Å². The third kappa shape index (κ3) is 9.67. The zero-order valence-corrected chi connectivity index (χ0v) is 21.8. The van der Waals surface area contributed by atoms with Crippen molar-refractivity contribution in [1.82, 2.24) is 14.7 Å². The zero-order chi connectivity index (χ0) is 27.8. The Kier molecular flexibility index (Phi) is 10.4. The molecule has 0 amide bonds. The molecule has 1 aliphatic heterocycles. The second kappa shape index (κ2) is 14.0. The van der Waals surface area contributed by atoms with Crippen molar-refractivity contribution >= 4 is 0 Å². The Bertz CT molecular complexity index is 1010. The Balaban J connectivity index is 1.49. The summed E-state index contributed by atoms with van der Waals surface area (Å²) in [5.74, 6) is -3.74. The van der Waals surface area contributed by atoms with E-state index in [1.165, 1.54) is 36.4 Å². The lowest BCUT2D eigenvalue weighted by atomic mass is 10.1. The molecule has 3 nitrogen and oxygen atoms in total. The van der Waals surface area contributed by atoms with Crippen molar-refractivity contribution in [3.05, 3.63) is 106 Å². The molecule has 1 fully saturated rings. The fraction of sp³-hybridized carbons (Fsp3) is 0.400. The lowest BCUT2D eigenvalue weighted by Crippen LogP contribution is -2.36. The molecule has 0 aromatic heterocycles. The van der Waals surface area contributed by atoms with E-state index in [4.69, 9.17) is 0 Å². The van der Waals surface area contributed by atoms with Gasteiger partial charge < -0.3 is 0 Å². The Hall–Kier alpha value is -2.88. The molecule has 0 bridgehead atoms. The van der Waals surface area contributed by atoms with Crippen LogP contribution in [0.4, 0.5) is 26.3 Å². The van der Waals surface area contributed by atoms with E-state index in [1.807, 2.05) is 0 Å². The summed E-state index contributed by atoms with van der Waals surface area (Å²) >= 11 is 0. The fourth-order valence-corrected chi connectivity index (χ4v) is 5.24. The second-order valence-electron chi connectivity index (χ2n) is 10.2. The van der Waals surface area contributed by atoms with E-state index >= 15 is 0 Å². The van der Waals surface area contributed by atoms with Gasteiger partial charge in [-0.15, -0.1) is 0 Å². The van der Waals surface area contributed by atoms with Crippen LogP contribution in [0.2, 0.25) is 0 Å². The SMILES string of the molecule is Fc1cc(F)cc(CN2CCCN(Cc3cc(F)cc(F)c3)CCCN(Cc3cc(F)cc(F)c3)CCC2)c1. The summed E-state index contributed by atoms with van der Waals surface area (Å²) in [4.78, 5) is 6.40. The molecule has 9 heteroatoms. The van der Waals surface area contributed by atoms with E-state index < -0.39 is 34.9 Å². The van der Waals surface area contributed by atoms with Gasteiger partial charge in [0.05, 0.1) is 0 Å². The summed E-state index contributed by atoms with van der Waals surface area (Å²) in [6, 6.07) is 10.5. The number of nitrogens with zero attached hydrogens (tertiary/aromatic N) is 3. The first-order valence-electron chi connectivity index (χ1n) is 13.2. The molecule has 0 aliphatic carbocycles. The molecule has 3 aromatic rings. The van der Waals surface area contributed by atoms with Gasteiger partial charge in [-0.3, -0.25) is 14.7 Å². The van der Waals surface area contributed by atoms with E-state index in [1.54, 1.807) is 0 Å². The van der Waals surface area contributed by atoms with Crippen LogP contribution in [0, 0.1) is 34.9 Å². The number of rotatable bonds is 6. The van der Waals surface area contributed by atoms with E-state index in [0.29, 0.717) is 75.6 Å². The first-order valence-corrected chi connectivity index (χ1v) is 13.2. The molecule has 0 unspecified atom stereocenters. The number of halogens is 6. The van der Waals surface area contributed by atoms with Crippen LogP contribution < -0.4 is 0 Å². The molecule has 0 spiro atoms. The van der Waals surface area contributed by atoms with Crippen LogP contribution in [-0.4, -0.2) is 54.0 Å². The average Bonchev–Trinajstić information content (AvgIpc) is 2.81. The van der Waals surface area contributed by atoms with Gasteiger partial charge in [-0.2, -0.15) is 0 Å². The average molecular weight is 550 g/mol. The van der Waals surface area contributed by atoms with Crippen LogP contribution in [0.15, 0.2) is 54.6 Å². The van der Waals surface area contributed by atoms with Gasteiger partial charge in [-0.25, -0.2) is 26.3 Å². The maximum Gasteiger partial charge on any atom is 0.126 e. The number of hydrogen-bond donors (Lipinski definition) is 0. The van der Waals surface area contributed by atoms with Crippen molar-refractivity contribution in [1.29, 1.82) is 0 Å². The zero-order valence-electron chi connectivity index (χ0n) is 21.8. The highest BCUT2D eigenvalue weighted by atomic mass is 19.2. The minimum atomic E-state index is -0.624. The van der Waals surface area contributed by atoms with Crippen molar-refractivity contribution in [3.8, 4) is 0 Å². The van der Waals surface area contributed by atoms with Crippen LogP contribution in [0.5, 0.6) is 0 Å². The van der Waals surface area contributed by atoms with Crippen LogP contribution in [0.3, 0.4) is 0 Å². The van der Waals surface area contributed by atoms with Gasteiger partial charge in [0.25, 0.3) is 0 Å². The maximum atomic E-state index is 13.8. The van der Waals surface area contributed by atoms with Gasteiger partial charge in [0, 0.05) is 37.8 Å². The summed E-state index contributed by atoms with van der Waals surface area (Å²) in [5.41, 5.74) is 1.62. The first kappa shape index (κ1) is 29.1. The maximum absolute atomic E-state index is 13.8. The van der Waals surface area contributed by atoms with E-state index in [-0.39, 0.29) is 0 Å². The van der Waals surface area contributed by atoms with E-state index in [9.17, 15) is 26.3 Å². The molecule has 1 aliphatic rings. The molecule has 1 saturated heterocycles. The summed E-state index contributed by atoms with van der Waals surface area (Å²) in [6.45, 7) is 5.13. The first-order chi connectivity index (χ1) is 18.7. The van der Waals surface area contributed by atoms with Crippen molar-refractivity contribution in [3.63, 3.8) is 0 Å². The molecule has 0 saturated carbocycles. The molecule has 4 rings (SSSR count).